The summed E-state index contributed by atoms with van der Waals surface area (Å²) in [7, 11) is 0. The Morgan fingerprint density at radius 3 is 2.95 bits per heavy atom. The van der Waals surface area contributed by atoms with E-state index in [0.717, 1.165) is 25.9 Å². The minimum absolute atomic E-state index is 0.0143. The number of amides is 1. The third-order valence-electron chi connectivity index (χ3n) is 3.15. The Hall–Kier alpha value is -1.46. The quantitative estimate of drug-likeness (QED) is 0.854. The molecule has 5 heteroatoms. The van der Waals surface area contributed by atoms with Crippen LogP contribution in [-0.2, 0) is 9.53 Å². The van der Waals surface area contributed by atoms with Gasteiger partial charge in [0.15, 0.2) is 0 Å². The number of carbonyl (C=O) groups excluding carboxylic acids is 1. The van der Waals surface area contributed by atoms with Gasteiger partial charge in [-0.25, -0.2) is 4.39 Å². The lowest BCUT2D eigenvalue weighted by molar-refractivity contribution is -0.121. The summed E-state index contributed by atoms with van der Waals surface area (Å²) in [6, 6.07) is 5.82. The Balaban J connectivity index is 1.67. The van der Waals surface area contributed by atoms with Crippen LogP contribution in [0.4, 0.5) is 10.1 Å². The van der Waals surface area contributed by atoms with Crippen molar-refractivity contribution in [1.29, 1.82) is 0 Å². The van der Waals surface area contributed by atoms with Gasteiger partial charge in [0.1, 0.15) is 12.4 Å². The molecule has 1 aliphatic heterocycles. The Bertz CT molecular complexity index is 420. The van der Waals surface area contributed by atoms with Crippen molar-refractivity contribution in [3.63, 3.8) is 0 Å². The number of carbonyl (C=O) groups is 1. The van der Waals surface area contributed by atoms with Crippen LogP contribution in [0.1, 0.15) is 12.8 Å². The van der Waals surface area contributed by atoms with Crippen LogP contribution < -0.4 is 10.6 Å². The van der Waals surface area contributed by atoms with E-state index in [1.165, 1.54) is 12.1 Å². The van der Waals surface area contributed by atoms with E-state index >= 15 is 0 Å². The molecule has 1 aromatic carbocycles. The van der Waals surface area contributed by atoms with Gasteiger partial charge in [-0.2, -0.15) is 0 Å². The summed E-state index contributed by atoms with van der Waals surface area (Å²) in [4.78, 5) is 11.6. The van der Waals surface area contributed by atoms with Gasteiger partial charge < -0.3 is 15.4 Å². The zero-order valence-electron chi connectivity index (χ0n) is 10.8. The van der Waals surface area contributed by atoms with Crippen LogP contribution >= 0.6 is 0 Å². The average Bonchev–Trinajstić information content (AvgIpc) is 2.40. The molecule has 1 aromatic rings. The molecule has 19 heavy (non-hydrogen) atoms. The van der Waals surface area contributed by atoms with Gasteiger partial charge in [-0.05, 0) is 50.0 Å². The number of benzene rings is 1. The molecule has 0 atom stereocenters. The fourth-order valence-electron chi connectivity index (χ4n) is 2.13. The van der Waals surface area contributed by atoms with Crippen molar-refractivity contribution >= 4 is 11.6 Å². The fraction of sp³-hybridized carbons (Fsp3) is 0.500. The smallest absolute Gasteiger partial charge is 0.250 e. The van der Waals surface area contributed by atoms with E-state index in [-0.39, 0.29) is 18.3 Å². The number of rotatable bonds is 5. The molecule has 1 saturated heterocycles. The predicted octanol–water partition coefficient (Wildman–Crippen LogP) is 1.78. The van der Waals surface area contributed by atoms with Gasteiger partial charge in [0.05, 0.1) is 6.61 Å². The van der Waals surface area contributed by atoms with Crippen LogP contribution in [0.15, 0.2) is 24.3 Å². The van der Waals surface area contributed by atoms with Crippen molar-refractivity contribution in [2.75, 3.05) is 31.6 Å². The van der Waals surface area contributed by atoms with E-state index in [2.05, 4.69) is 10.6 Å². The molecule has 0 spiro atoms. The van der Waals surface area contributed by atoms with E-state index in [0.29, 0.717) is 18.2 Å². The lowest BCUT2D eigenvalue weighted by Gasteiger charge is -2.22. The summed E-state index contributed by atoms with van der Waals surface area (Å²) in [5, 5.41) is 5.89. The van der Waals surface area contributed by atoms with Crippen molar-refractivity contribution in [2.24, 2.45) is 5.92 Å². The van der Waals surface area contributed by atoms with E-state index < -0.39 is 0 Å². The molecular formula is C14H19FN2O2. The van der Waals surface area contributed by atoms with Gasteiger partial charge in [0.25, 0.3) is 0 Å². The Morgan fingerprint density at radius 1 is 1.42 bits per heavy atom. The van der Waals surface area contributed by atoms with Gasteiger partial charge in [-0.1, -0.05) is 6.07 Å². The van der Waals surface area contributed by atoms with Gasteiger partial charge in [-0.3, -0.25) is 4.79 Å². The Morgan fingerprint density at radius 2 is 2.21 bits per heavy atom. The second kappa shape index (κ2) is 7.21. The summed E-state index contributed by atoms with van der Waals surface area (Å²) >= 11 is 0. The lowest BCUT2D eigenvalue weighted by atomic mass is 9.99. The Kier molecular flexibility index (Phi) is 5.30. The summed E-state index contributed by atoms with van der Waals surface area (Å²) < 4.78 is 18.3. The summed E-state index contributed by atoms with van der Waals surface area (Å²) in [6.07, 6.45) is 2.18. The molecule has 1 aliphatic rings. The highest BCUT2D eigenvalue weighted by molar-refractivity contribution is 5.91. The summed E-state index contributed by atoms with van der Waals surface area (Å²) in [6.45, 7) is 2.66. The second-order valence-corrected chi connectivity index (χ2v) is 4.77. The molecule has 104 valence electrons. The minimum Gasteiger partial charge on any atom is -0.371 e. The molecule has 4 nitrogen and oxygen atoms in total. The zero-order valence-corrected chi connectivity index (χ0v) is 10.8. The monoisotopic (exact) mass is 266 g/mol. The second-order valence-electron chi connectivity index (χ2n) is 4.77. The molecule has 1 heterocycles. The molecule has 1 fully saturated rings. The third-order valence-corrected chi connectivity index (χ3v) is 3.15. The fourth-order valence-corrected chi connectivity index (χ4v) is 2.13. The van der Waals surface area contributed by atoms with Crippen LogP contribution in [0.2, 0.25) is 0 Å². The maximum Gasteiger partial charge on any atom is 0.250 e. The highest BCUT2D eigenvalue weighted by atomic mass is 19.1. The van der Waals surface area contributed by atoms with E-state index in [4.69, 9.17) is 4.74 Å². The normalized spacial score (nSPS) is 16.3. The first-order valence-corrected chi connectivity index (χ1v) is 6.58. The van der Waals surface area contributed by atoms with Gasteiger partial charge >= 0.3 is 0 Å². The minimum atomic E-state index is -0.367. The summed E-state index contributed by atoms with van der Waals surface area (Å²) in [5.74, 6) is -0.0869. The number of halogens is 1. The van der Waals surface area contributed by atoms with Crippen molar-refractivity contribution in [1.82, 2.24) is 5.32 Å². The van der Waals surface area contributed by atoms with Gasteiger partial charge in [0, 0.05) is 5.69 Å². The van der Waals surface area contributed by atoms with Crippen LogP contribution in [0.3, 0.4) is 0 Å². The number of hydrogen-bond donors (Lipinski definition) is 2. The highest BCUT2D eigenvalue weighted by Gasteiger charge is 2.13. The van der Waals surface area contributed by atoms with Crippen molar-refractivity contribution in [3.8, 4) is 0 Å². The molecular weight excluding hydrogens is 247 g/mol. The molecule has 0 aliphatic carbocycles. The van der Waals surface area contributed by atoms with Gasteiger partial charge in [0.2, 0.25) is 5.91 Å². The van der Waals surface area contributed by atoms with Gasteiger partial charge in [-0.15, -0.1) is 0 Å². The molecule has 2 rings (SSSR count). The average molecular weight is 266 g/mol. The molecule has 0 aromatic heterocycles. The van der Waals surface area contributed by atoms with Crippen LogP contribution in [0, 0.1) is 11.7 Å². The summed E-state index contributed by atoms with van der Waals surface area (Å²) in [5.41, 5.74) is 0.454. The van der Waals surface area contributed by atoms with Crippen LogP contribution in [-0.4, -0.2) is 32.2 Å². The van der Waals surface area contributed by atoms with Crippen molar-refractivity contribution < 1.29 is 13.9 Å². The number of nitrogens with one attached hydrogen (secondary N) is 2. The van der Waals surface area contributed by atoms with Crippen molar-refractivity contribution in [3.05, 3.63) is 30.1 Å². The van der Waals surface area contributed by atoms with E-state index in [1.54, 1.807) is 12.1 Å². The highest BCUT2D eigenvalue weighted by Crippen LogP contribution is 2.12. The number of anilines is 1. The molecule has 2 N–H and O–H groups in total. The number of hydrogen-bond acceptors (Lipinski definition) is 3. The molecule has 0 radical (unpaired) electrons. The maximum atomic E-state index is 12.9. The molecule has 0 unspecified atom stereocenters. The van der Waals surface area contributed by atoms with Crippen LogP contribution in [0.25, 0.3) is 0 Å². The number of piperidine rings is 1. The van der Waals surface area contributed by atoms with Crippen molar-refractivity contribution in [2.45, 2.75) is 12.8 Å². The first kappa shape index (κ1) is 14.0. The topological polar surface area (TPSA) is 50.4 Å². The number of ether oxygens (including phenoxy) is 1. The molecule has 0 saturated carbocycles. The predicted molar refractivity (Wildman–Crippen MR) is 71.4 cm³/mol. The van der Waals surface area contributed by atoms with E-state index in [9.17, 15) is 9.18 Å². The first-order valence-electron chi connectivity index (χ1n) is 6.58. The molecule has 1 amide bonds. The lowest BCUT2D eigenvalue weighted by Crippen LogP contribution is -2.30. The first-order chi connectivity index (χ1) is 9.24. The SMILES string of the molecule is O=C(COCC1CCNCC1)Nc1cccc(F)c1. The third kappa shape index (κ3) is 4.96. The maximum absolute atomic E-state index is 12.9. The Labute approximate surface area is 112 Å². The molecule has 0 bridgehead atoms. The largest absolute Gasteiger partial charge is 0.371 e. The van der Waals surface area contributed by atoms with Crippen LogP contribution in [0.5, 0.6) is 0 Å². The standard InChI is InChI=1S/C14H19FN2O2/c15-12-2-1-3-13(8-12)17-14(18)10-19-9-11-4-6-16-7-5-11/h1-3,8,11,16H,4-7,9-10H2,(H,17,18). The van der Waals surface area contributed by atoms with E-state index in [1.807, 2.05) is 0 Å². The zero-order chi connectivity index (χ0) is 13.5.